The Morgan fingerprint density at radius 3 is 2.96 bits per heavy atom. The van der Waals surface area contributed by atoms with Crippen molar-refractivity contribution in [3.8, 4) is 0 Å². The minimum absolute atomic E-state index is 0.432. The summed E-state index contributed by atoms with van der Waals surface area (Å²) in [5, 5.41) is 5.60. The molecule has 1 aliphatic rings. The first-order valence-electron chi connectivity index (χ1n) is 8.27. The average molecular weight is 307 g/mol. The third-order valence-electron chi connectivity index (χ3n) is 4.58. The van der Waals surface area contributed by atoms with E-state index in [9.17, 15) is 0 Å². The fourth-order valence-electron chi connectivity index (χ4n) is 3.47. The number of hydrogen-bond donors (Lipinski definition) is 0. The number of aryl methyl sites for hydroxylation is 1. The molecule has 1 atom stereocenters. The molecule has 3 aromatic rings. The first-order chi connectivity index (χ1) is 11.3. The fourth-order valence-corrected chi connectivity index (χ4v) is 3.47. The van der Waals surface area contributed by atoms with Crippen molar-refractivity contribution in [1.82, 2.24) is 19.7 Å². The third-order valence-corrected chi connectivity index (χ3v) is 4.58. The fraction of sp³-hybridized carbons (Fsp3) is 0.389. The number of hydrogen-bond acceptors (Lipinski definition) is 4. The second-order valence-corrected chi connectivity index (χ2v) is 6.30. The second-order valence-electron chi connectivity index (χ2n) is 6.30. The summed E-state index contributed by atoms with van der Waals surface area (Å²) in [6.45, 7) is 4.04. The monoisotopic (exact) mass is 307 g/mol. The molecule has 1 aliphatic heterocycles. The lowest BCUT2D eigenvalue weighted by Gasteiger charge is -2.37. The predicted molar refractivity (Wildman–Crippen MR) is 91.5 cm³/mol. The maximum absolute atomic E-state index is 4.61. The van der Waals surface area contributed by atoms with E-state index in [2.05, 4.69) is 56.0 Å². The number of anilines is 1. The zero-order valence-corrected chi connectivity index (χ0v) is 13.4. The summed E-state index contributed by atoms with van der Waals surface area (Å²) in [5.41, 5.74) is 2.22. The molecule has 118 valence electrons. The molecular formula is C18H21N5. The lowest BCUT2D eigenvalue weighted by molar-refractivity contribution is 0.397. The largest absolute Gasteiger partial charge is 0.351 e. The van der Waals surface area contributed by atoms with Crippen LogP contribution in [0.1, 0.15) is 24.8 Å². The highest BCUT2D eigenvalue weighted by Gasteiger charge is 2.25. The molecule has 0 N–H and O–H groups in total. The molecule has 0 spiro atoms. The van der Waals surface area contributed by atoms with Crippen molar-refractivity contribution < 1.29 is 0 Å². The summed E-state index contributed by atoms with van der Waals surface area (Å²) in [7, 11) is 0. The highest BCUT2D eigenvalue weighted by molar-refractivity contribution is 5.89. The normalized spacial score (nSPS) is 18.5. The Balaban J connectivity index is 1.69. The van der Waals surface area contributed by atoms with Crippen LogP contribution in [-0.4, -0.2) is 32.3 Å². The zero-order chi connectivity index (χ0) is 15.6. The summed E-state index contributed by atoms with van der Waals surface area (Å²) in [4.78, 5) is 11.5. The number of piperidine rings is 1. The van der Waals surface area contributed by atoms with Gasteiger partial charge in [0, 0.05) is 18.1 Å². The number of fused-ring (bicyclic) bond motifs is 1. The number of benzene rings is 1. The molecule has 4 rings (SSSR count). The number of nitrogens with zero attached hydrogens (tertiary/aromatic N) is 5. The molecule has 5 heteroatoms. The van der Waals surface area contributed by atoms with Gasteiger partial charge in [-0.1, -0.05) is 12.1 Å². The molecule has 5 nitrogen and oxygen atoms in total. The van der Waals surface area contributed by atoms with Gasteiger partial charge < -0.3 is 4.90 Å². The van der Waals surface area contributed by atoms with Crippen molar-refractivity contribution in [3.63, 3.8) is 0 Å². The standard InChI is InChI=1S/C18H21N5/c1-14-10-21-22(11-14)12-15-6-4-5-9-23(15)18-16-7-2-3-8-17(16)19-13-20-18/h2-3,7-8,10-11,13,15H,4-6,9,12H2,1H3. The Kier molecular flexibility index (Phi) is 3.69. The van der Waals surface area contributed by atoms with Gasteiger partial charge >= 0.3 is 0 Å². The summed E-state index contributed by atoms with van der Waals surface area (Å²) in [6.07, 6.45) is 9.38. The van der Waals surface area contributed by atoms with Crippen LogP contribution in [0.15, 0.2) is 43.0 Å². The summed E-state index contributed by atoms with van der Waals surface area (Å²) < 4.78 is 2.06. The van der Waals surface area contributed by atoms with Gasteiger partial charge in [-0.05, 0) is 43.9 Å². The van der Waals surface area contributed by atoms with Gasteiger partial charge in [-0.3, -0.25) is 4.68 Å². The van der Waals surface area contributed by atoms with E-state index in [1.807, 2.05) is 12.3 Å². The Morgan fingerprint density at radius 2 is 2.09 bits per heavy atom. The van der Waals surface area contributed by atoms with Crippen LogP contribution in [0.2, 0.25) is 0 Å². The summed E-state index contributed by atoms with van der Waals surface area (Å²) in [5.74, 6) is 1.06. The molecule has 1 fully saturated rings. The lowest BCUT2D eigenvalue weighted by atomic mass is 10.0. The molecule has 1 unspecified atom stereocenters. The first kappa shape index (κ1) is 14.2. The van der Waals surface area contributed by atoms with E-state index >= 15 is 0 Å². The van der Waals surface area contributed by atoms with E-state index in [0.717, 1.165) is 29.8 Å². The molecule has 3 heterocycles. The molecule has 0 amide bonds. The molecule has 1 aromatic carbocycles. The number of aromatic nitrogens is 4. The van der Waals surface area contributed by atoms with Crippen molar-refractivity contribution >= 4 is 16.7 Å². The van der Waals surface area contributed by atoms with Crippen molar-refractivity contribution in [2.24, 2.45) is 0 Å². The van der Waals surface area contributed by atoms with Gasteiger partial charge in [-0.2, -0.15) is 5.10 Å². The van der Waals surface area contributed by atoms with Gasteiger partial charge in [0.2, 0.25) is 0 Å². The molecule has 0 saturated carbocycles. The van der Waals surface area contributed by atoms with Crippen LogP contribution in [0.4, 0.5) is 5.82 Å². The predicted octanol–water partition coefficient (Wildman–Crippen LogP) is 3.19. The summed E-state index contributed by atoms with van der Waals surface area (Å²) in [6, 6.07) is 8.69. The maximum atomic E-state index is 4.61. The van der Waals surface area contributed by atoms with E-state index in [1.54, 1.807) is 6.33 Å². The smallest absolute Gasteiger partial charge is 0.140 e. The Morgan fingerprint density at radius 1 is 1.17 bits per heavy atom. The Hall–Kier alpha value is -2.43. The van der Waals surface area contributed by atoms with Crippen molar-refractivity contribution in [2.45, 2.75) is 38.8 Å². The van der Waals surface area contributed by atoms with Gasteiger partial charge in [-0.25, -0.2) is 9.97 Å². The van der Waals surface area contributed by atoms with Gasteiger partial charge in [0.1, 0.15) is 12.1 Å². The van der Waals surface area contributed by atoms with Crippen LogP contribution in [0.5, 0.6) is 0 Å². The Labute approximate surface area is 136 Å². The maximum Gasteiger partial charge on any atom is 0.140 e. The van der Waals surface area contributed by atoms with Gasteiger partial charge in [0.25, 0.3) is 0 Å². The van der Waals surface area contributed by atoms with Gasteiger partial charge in [0.15, 0.2) is 0 Å². The first-order valence-corrected chi connectivity index (χ1v) is 8.27. The lowest BCUT2D eigenvalue weighted by Crippen LogP contribution is -2.43. The molecule has 0 radical (unpaired) electrons. The van der Waals surface area contributed by atoms with Crippen LogP contribution in [-0.2, 0) is 6.54 Å². The van der Waals surface area contributed by atoms with Crippen LogP contribution in [0, 0.1) is 6.92 Å². The highest BCUT2D eigenvalue weighted by Crippen LogP contribution is 2.29. The molecular weight excluding hydrogens is 286 g/mol. The minimum atomic E-state index is 0.432. The molecule has 0 bridgehead atoms. The van der Waals surface area contributed by atoms with E-state index in [4.69, 9.17) is 0 Å². The molecule has 1 saturated heterocycles. The van der Waals surface area contributed by atoms with E-state index < -0.39 is 0 Å². The van der Waals surface area contributed by atoms with E-state index in [-0.39, 0.29) is 0 Å². The quantitative estimate of drug-likeness (QED) is 0.745. The van der Waals surface area contributed by atoms with Crippen LogP contribution < -0.4 is 4.90 Å². The van der Waals surface area contributed by atoms with E-state index in [0.29, 0.717) is 6.04 Å². The number of para-hydroxylation sites is 1. The zero-order valence-electron chi connectivity index (χ0n) is 13.4. The van der Waals surface area contributed by atoms with Crippen molar-refractivity contribution in [3.05, 3.63) is 48.5 Å². The van der Waals surface area contributed by atoms with Crippen molar-refractivity contribution in [2.75, 3.05) is 11.4 Å². The molecule has 2 aromatic heterocycles. The van der Waals surface area contributed by atoms with Crippen LogP contribution in [0.3, 0.4) is 0 Å². The summed E-state index contributed by atoms with van der Waals surface area (Å²) >= 11 is 0. The minimum Gasteiger partial charge on any atom is -0.351 e. The highest BCUT2D eigenvalue weighted by atomic mass is 15.3. The van der Waals surface area contributed by atoms with Crippen molar-refractivity contribution in [1.29, 1.82) is 0 Å². The average Bonchev–Trinajstić information content (AvgIpc) is 3.00. The van der Waals surface area contributed by atoms with Gasteiger partial charge in [0.05, 0.1) is 24.3 Å². The van der Waals surface area contributed by atoms with Crippen LogP contribution >= 0.6 is 0 Å². The third kappa shape index (κ3) is 2.79. The topological polar surface area (TPSA) is 46.8 Å². The van der Waals surface area contributed by atoms with Gasteiger partial charge in [-0.15, -0.1) is 0 Å². The molecule has 23 heavy (non-hydrogen) atoms. The van der Waals surface area contributed by atoms with Crippen LogP contribution in [0.25, 0.3) is 10.9 Å². The molecule has 0 aliphatic carbocycles. The van der Waals surface area contributed by atoms with E-state index in [1.165, 1.54) is 24.8 Å². The Bertz CT molecular complexity index is 805. The SMILES string of the molecule is Cc1cnn(CC2CCCCN2c2ncnc3ccccc23)c1. The number of rotatable bonds is 3. The second kappa shape index (κ2) is 5.99.